The third-order valence-electron chi connectivity index (χ3n) is 5.27. The first-order valence-corrected chi connectivity index (χ1v) is 12.7. The van der Waals surface area contributed by atoms with Crippen molar-refractivity contribution < 1.29 is 28.5 Å². The molecule has 10 heteroatoms. The topological polar surface area (TPSA) is 71.1 Å². The molecule has 0 aliphatic carbocycles. The van der Waals surface area contributed by atoms with Crippen LogP contribution in [0.5, 0.6) is 11.5 Å². The van der Waals surface area contributed by atoms with Crippen LogP contribution in [-0.4, -0.2) is 38.4 Å². The molecule has 2 aromatic carbocycles. The SMILES string of the molecule is C=C(C)C(=O)OCCOc1ccc(C(C)(C)c2c(Cl)c(Cl)c(OCCOC(=O)C(=C)C)c(Cl)c2Cl)cc1. The van der Waals surface area contributed by atoms with Crippen molar-refractivity contribution in [2.45, 2.75) is 33.1 Å². The summed E-state index contributed by atoms with van der Waals surface area (Å²) in [6.07, 6.45) is 0. The summed E-state index contributed by atoms with van der Waals surface area (Å²) in [5.74, 6) is -0.304. The number of halogens is 4. The Morgan fingerprint density at radius 3 is 1.59 bits per heavy atom. The Balaban J connectivity index is 2.17. The highest BCUT2D eigenvalue weighted by molar-refractivity contribution is 6.49. The first-order chi connectivity index (χ1) is 17.3. The fourth-order valence-electron chi connectivity index (χ4n) is 3.22. The molecule has 0 aliphatic heterocycles. The second-order valence-corrected chi connectivity index (χ2v) is 10.2. The fraction of sp³-hybridized carbons (Fsp3) is 0.333. The summed E-state index contributed by atoms with van der Waals surface area (Å²) in [5.41, 5.74) is 1.29. The van der Waals surface area contributed by atoms with Crippen LogP contribution < -0.4 is 9.47 Å². The van der Waals surface area contributed by atoms with Crippen LogP contribution in [0.15, 0.2) is 48.6 Å². The van der Waals surface area contributed by atoms with Crippen molar-refractivity contribution >= 4 is 58.3 Å². The fourth-order valence-corrected chi connectivity index (χ4v) is 4.63. The molecule has 2 aromatic rings. The number of rotatable bonds is 12. The molecule has 0 atom stereocenters. The minimum absolute atomic E-state index is 0.0122. The maximum Gasteiger partial charge on any atom is 0.333 e. The molecule has 0 radical (unpaired) electrons. The quantitative estimate of drug-likeness (QED) is 0.110. The lowest BCUT2D eigenvalue weighted by molar-refractivity contribution is -0.140. The summed E-state index contributed by atoms with van der Waals surface area (Å²) in [5, 5.41) is 0.563. The van der Waals surface area contributed by atoms with Crippen LogP contribution in [-0.2, 0) is 24.5 Å². The van der Waals surface area contributed by atoms with Crippen molar-refractivity contribution in [3.05, 3.63) is 79.8 Å². The van der Waals surface area contributed by atoms with E-state index in [-0.39, 0.29) is 57.8 Å². The van der Waals surface area contributed by atoms with Crippen LogP contribution in [0.25, 0.3) is 0 Å². The molecule has 0 saturated carbocycles. The molecule has 0 bridgehead atoms. The monoisotopic (exact) mass is 588 g/mol. The Bertz CT molecular complexity index is 1160. The molecule has 0 N–H and O–H groups in total. The summed E-state index contributed by atoms with van der Waals surface area (Å²) in [6.45, 7) is 14.3. The van der Waals surface area contributed by atoms with Gasteiger partial charge >= 0.3 is 11.9 Å². The van der Waals surface area contributed by atoms with Gasteiger partial charge in [0.2, 0.25) is 0 Å². The maximum atomic E-state index is 11.5. The minimum atomic E-state index is -0.702. The summed E-state index contributed by atoms with van der Waals surface area (Å²) in [4.78, 5) is 23.0. The zero-order valence-corrected chi connectivity index (χ0v) is 24.0. The number of carbonyl (C=O) groups is 2. The molecule has 0 amide bonds. The predicted octanol–water partition coefficient (Wildman–Crippen LogP) is 7.62. The molecule has 0 saturated heterocycles. The van der Waals surface area contributed by atoms with Crippen molar-refractivity contribution in [3.63, 3.8) is 0 Å². The lowest BCUT2D eigenvalue weighted by atomic mass is 9.78. The molecule has 2 rings (SSSR count). The van der Waals surface area contributed by atoms with Crippen LogP contribution in [0, 0.1) is 0 Å². The second-order valence-electron chi connectivity index (χ2n) is 8.64. The summed E-state index contributed by atoms with van der Waals surface area (Å²) in [6, 6.07) is 7.30. The molecular weight excluding hydrogens is 562 g/mol. The molecule has 0 fully saturated rings. The van der Waals surface area contributed by atoms with Crippen LogP contribution in [0.1, 0.15) is 38.8 Å². The number of carbonyl (C=O) groups excluding carboxylic acids is 2. The highest BCUT2D eigenvalue weighted by Crippen LogP contribution is 2.51. The smallest absolute Gasteiger partial charge is 0.333 e. The van der Waals surface area contributed by atoms with Gasteiger partial charge in [0.1, 0.15) is 42.2 Å². The van der Waals surface area contributed by atoms with E-state index >= 15 is 0 Å². The Morgan fingerprint density at radius 2 is 1.16 bits per heavy atom. The number of benzene rings is 2. The normalized spacial score (nSPS) is 11.0. The van der Waals surface area contributed by atoms with Crippen molar-refractivity contribution in [2.24, 2.45) is 0 Å². The lowest BCUT2D eigenvalue weighted by Crippen LogP contribution is -2.21. The van der Waals surface area contributed by atoms with Gasteiger partial charge in [-0.05, 0) is 31.5 Å². The van der Waals surface area contributed by atoms with Crippen molar-refractivity contribution in [2.75, 3.05) is 26.4 Å². The van der Waals surface area contributed by atoms with Crippen LogP contribution in [0.3, 0.4) is 0 Å². The highest BCUT2D eigenvalue weighted by atomic mass is 35.5. The largest absolute Gasteiger partial charge is 0.490 e. The zero-order chi connectivity index (χ0) is 27.9. The number of ether oxygens (including phenoxy) is 4. The zero-order valence-electron chi connectivity index (χ0n) is 21.0. The van der Waals surface area contributed by atoms with Gasteiger partial charge in [0, 0.05) is 22.1 Å². The van der Waals surface area contributed by atoms with E-state index in [0.29, 0.717) is 16.9 Å². The van der Waals surface area contributed by atoms with Crippen molar-refractivity contribution in [1.82, 2.24) is 0 Å². The van der Waals surface area contributed by atoms with E-state index in [1.54, 1.807) is 26.0 Å². The van der Waals surface area contributed by atoms with Gasteiger partial charge in [0.25, 0.3) is 0 Å². The van der Waals surface area contributed by atoms with E-state index in [1.807, 2.05) is 26.0 Å². The van der Waals surface area contributed by atoms with Gasteiger partial charge in [-0.25, -0.2) is 9.59 Å². The molecule has 0 unspecified atom stereocenters. The van der Waals surface area contributed by atoms with E-state index in [0.717, 1.165) is 5.56 Å². The maximum absolute atomic E-state index is 11.5. The summed E-state index contributed by atoms with van der Waals surface area (Å²) >= 11 is 26.3. The van der Waals surface area contributed by atoms with Crippen LogP contribution >= 0.6 is 46.4 Å². The van der Waals surface area contributed by atoms with Gasteiger partial charge in [-0.2, -0.15) is 0 Å². The third-order valence-corrected chi connectivity index (χ3v) is 6.94. The van der Waals surface area contributed by atoms with Gasteiger partial charge < -0.3 is 18.9 Å². The standard InChI is InChI=1S/C27H28Cl4O6/c1-15(2)25(32)36-13-11-34-18-9-7-17(8-10-18)27(5,6)19-20(28)22(30)24(23(31)21(19)29)35-12-14-37-26(33)16(3)4/h7-10H,1,3,11-14H2,2,4-6H3. The van der Waals surface area contributed by atoms with Gasteiger partial charge in [0.05, 0.1) is 10.0 Å². The van der Waals surface area contributed by atoms with Gasteiger partial charge in [-0.15, -0.1) is 0 Å². The Morgan fingerprint density at radius 1 is 0.730 bits per heavy atom. The van der Waals surface area contributed by atoms with E-state index in [1.165, 1.54) is 0 Å². The van der Waals surface area contributed by atoms with Crippen LogP contribution in [0.2, 0.25) is 20.1 Å². The van der Waals surface area contributed by atoms with E-state index in [4.69, 9.17) is 65.4 Å². The Labute approximate surface area is 237 Å². The Hall–Kier alpha value is -2.38. The minimum Gasteiger partial charge on any atom is -0.490 e. The molecule has 0 heterocycles. The first-order valence-electron chi connectivity index (χ1n) is 11.2. The van der Waals surface area contributed by atoms with Crippen LogP contribution in [0.4, 0.5) is 0 Å². The predicted molar refractivity (Wildman–Crippen MR) is 148 cm³/mol. The van der Waals surface area contributed by atoms with Crippen molar-refractivity contribution in [3.8, 4) is 11.5 Å². The van der Waals surface area contributed by atoms with E-state index in [2.05, 4.69) is 13.2 Å². The lowest BCUT2D eigenvalue weighted by Gasteiger charge is -2.30. The molecule has 0 aromatic heterocycles. The number of hydrogen-bond acceptors (Lipinski definition) is 6. The molecule has 0 spiro atoms. The van der Waals surface area contributed by atoms with Crippen molar-refractivity contribution in [1.29, 1.82) is 0 Å². The number of esters is 2. The number of hydrogen-bond donors (Lipinski definition) is 0. The molecule has 0 aliphatic rings. The average molecular weight is 590 g/mol. The molecule has 37 heavy (non-hydrogen) atoms. The summed E-state index contributed by atoms with van der Waals surface area (Å²) in [7, 11) is 0. The third kappa shape index (κ3) is 7.81. The van der Waals surface area contributed by atoms with Gasteiger partial charge in [0.15, 0.2) is 5.75 Å². The van der Waals surface area contributed by atoms with Gasteiger partial charge in [-0.3, -0.25) is 0 Å². The first kappa shape index (κ1) is 30.8. The summed E-state index contributed by atoms with van der Waals surface area (Å²) < 4.78 is 21.3. The highest BCUT2D eigenvalue weighted by Gasteiger charge is 2.33. The molecule has 200 valence electrons. The van der Waals surface area contributed by atoms with E-state index in [9.17, 15) is 9.59 Å². The average Bonchev–Trinajstić information content (AvgIpc) is 2.84. The van der Waals surface area contributed by atoms with Gasteiger partial charge in [-0.1, -0.05) is 85.5 Å². The molecule has 6 nitrogen and oxygen atoms in total. The Kier molecular flexibility index (Phi) is 11.2. The second kappa shape index (κ2) is 13.4. The van der Waals surface area contributed by atoms with E-state index < -0.39 is 17.4 Å². The molecular formula is C27H28Cl4O6.